The van der Waals surface area contributed by atoms with Crippen LogP contribution < -0.4 is 5.32 Å². The van der Waals surface area contributed by atoms with E-state index in [0.717, 1.165) is 24.0 Å². The lowest BCUT2D eigenvalue weighted by Gasteiger charge is -2.25. The molecule has 1 aliphatic carbocycles. The molecular weight excluding hydrogens is 236 g/mol. The summed E-state index contributed by atoms with van der Waals surface area (Å²) in [5.74, 6) is 0.834. The highest BCUT2D eigenvalue weighted by atomic mass is 35.5. The minimum atomic E-state index is 0.496. The molecule has 0 saturated heterocycles. The molecule has 0 radical (unpaired) electrons. The van der Waals surface area contributed by atoms with Gasteiger partial charge in [-0.1, -0.05) is 11.6 Å². The third kappa shape index (κ3) is 3.07. The van der Waals surface area contributed by atoms with Crippen LogP contribution in [-0.4, -0.2) is 40.5 Å². The molecule has 0 spiro atoms. The Morgan fingerprint density at radius 1 is 1.53 bits per heavy atom. The summed E-state index contributed by atoms with van der Waals surface area (Å²) in [7, 11) is 2.18. The van der Waals surface area contributed by atoms with Crippen LogP contribution in [-0.2, 0) is 0 Å². The zero-order valence-corrected chi connectivity index (χ0v) is 11.3. The number of anilines is 1. The number of aromatic nitrogens is 2. The van der Waals surface area contributed by atoms with Crippen molar-refractivity contribution in [3.63, 3.8) is 0 Å². The van der Waals surface area contributed by atoms with Gasteiger partial charge in [0.25, 0.3) is 0 Å². The van der Waals surface area contributed by atoms with Crippen LogP contribution in [0.15, 0.2) is 6.33 Å². The van der Waals surface area contributed by atoms with E-state index in [4.69, 9.17) is 11.6 Å². The third-order valence-corrected chi connectivity index (χ3v) is 3.79. The Bertz CT molecular complexity index is 392. The standard InChI is InChI=1S/C12H19ClN4/c1-8(17(3)10-4-5-10)6-14-12-9(2)11(13)15-7-16-12/h7-8,10H,4-6H2,1-3H3,(H,14,15,16). The molecule has 1 aromatic heterocycles. The summed E-state index contributed by atoms with van der Waals surface area (Å²) in [6.45, 7) is 5.03. The Kier molecular flexibility index (Phi) is 3.84. The van der Waals surface area contributed by atoms with E-state index in [9.17, 15) is 0 Å². The highest BCUT2D eigenvalue weighted by Gasteiger charge is 2.28. The Hall–Kier alpha value is -0.870. The fourth-order valence-electron chi connectivity index (χ4n) is 1.84. The molecule has 2 rings (SSSR count). The van der Waals surface area contributed by atoms with Gasteiger partial charge in [-0.05, 0) is 33.7 Å². The molecule has 1 N–H and O–H groups in total. The molecule has 1 saturated carbocycles. The molecule has 1 unspecified atom stereocenters. The topological polar surface area (TPSA) is 41.1 Å². The quantitative estimate of drug-likeness (QED) is 0.819. The molecule has 0 aromatic carbocycles. The minimum Gasteiger partial charge on any atom is -0.368 e. The molecule has 1 aromatic rings. The molecule has 1 aliphatic rings. The molecule has 4 nitrogen and oxygen atoms in total. The third-order valence-electron chi connectivity index (χ3n) is 3.41. The lowest BCUT2D eigenvalue weighted by molar-refractivity contribution is 0.257. The predicted molar refractivity (Wildman–Crippen MR) is 70.5 cm³/mol. The van der Waals surface area contributed by atoms with Crippen molar-refractivity contribution in [2.45, 2.75) is 38.8 Å². The molecule has 1 atom stereocenters. The monoisotopic (exact) mass is 254 g/mol. The Morgan fingerprint density at radius 2 is 2.24 bits per heavy atom. The van der Waals surface area contributed by atoms with E-state index in [1.165, 1.54) is 19.2 Å². The van der Waals surface area contributed by atoms with Gasteiger partial charge in [0.15, 0.2) is 0 Å². The largest absolute Gasteiger partial charge is 0.368 e. The van der Waals surface area contributed by atoms with Crippen molar-refractivity contribution in [3.8, 4) is 0 Å². The number of nitrogens with zero attached hydrogens (tertiary/aromatic N) is 3. The zero-order chi connectivity index (χ0) is 12.4. The highest BCUT2D eigenvalue weighted by molar-refractivity contribution is 6.30. The van der Waals surface area contributed by atoms with E-state index >= 15 is 0 Å². The van der Waals surface area contributed by atoms with Gasteiger partial charge in [-0.15, -0.1) is 0 Å². The van der Waals surface area contributed by atoms with Crippen molar-refractivity contribution in [3.05, 3.63) is 17.0 Å². The summed E-state index contributed by atoms with van der Waals surface area (Å²) in [5.41, 5.74) is 0.912. The van der Waals surface area contributed by atoms with E-state index in [1.807, 2.05) is 6.92 Å². The van der Waals surface area contributed by atoms with Gasteiger partial charge < -0.3 is 5.32 Å². The van der Waals surface area contributed by atoms with Gasteiger partial charge in [0.2, 0.25) is 0 Å². The predicted octanol–water partition coefficient (Wildman–Crippen LogP) is 2.33. The Balaban J connectivity index is 1.90. The summed E-state index contributed by atoms with van der Waals surface area (Å²) in [6.07, 6.45) is 4.16. The second kappa shape index (κ2) is 5.19. The smallest absolute Gasteiger partial charge is 0.137 e. The lowest BCUT2D eigenvalue weighted by Crippen LogP contribution is -2.36. The van der Waals surface area contributed by atoms with Gasteiger partial charge in [-0.3, -0.25) is 4.90 Å². The van der Waals surface area contributed by atoms with Crippen molar-refractivity contribution in [2.24, 2.45) is 0 Å². The van der Waals surface area contributed by atoms with Crippen LogP contribution >= 0.6 is 11.6 Å². The SMILES string of the molecule is Cc1c(Cl)ncnc1NCC(C)N(C)C1CC1. The van der Waals surface area contributed by atoms with E-state index in [-0.39, 0.29) is 0 Å². The van der Waals surface area contributed by atoms with Gasteiger partial charge >= 0.3 is 0 Å². The summed E-state index contributed by atoms with van der Waals surface area (Å²) < 4.78 is 0. The maximum Gasteiger partial charge on any atom is 0.137 e. The van der Waals surface area contributed by atoms with Crippen LogP contribution in [0.1, 0.15) is 25.3 Å². The first-order chi connectivity index (χ1) is 8.09. The van der Waals surface area contributed by atoms with Gasteiger partial charge in [0.05, 0.1) is 0 Å². The van der Waals surface area contributed by atoms with Crippen LogP contribution in [0.2, 0.25) is 5.15 Å². The zero-order valence-electron chi connectivity index (χ0n) is 10.6. The van der Waals surface area contributed by atoms with E-state index in [0.29, 0.717) is 11.2 Å². The number of likely N-dealkylation sites (N-methyl/N-ethyl adjacent to an activating group) is 1. The molecule has 17 heavy (non-hydrogen) atoms. The van der Waals surface area contributed by atoms with Gasteiger partial charge in [0, 0.05) is 24.2 Å². The van der Waals surface area contributed by atoms with E-state index in [1.54, 1.807) is 0 Å². The summed E-state index contributed by atoms with van der Waals surface area (Å²) in [5, 5.41) is 3.86. The van der Waals surface area contributed by atoms with Crippen LogP contribution in [0, 0.1) is 6.92 Å². The van der Waals surface area contributed by atoms with Gasteiger partial charge in [-0.2, -0.15) is 0 Å². The van der Waals surface area contributed by atoms with Crippen molar-refractivity contribution < 1.29 is 0 Å². The highest BCUT2D eigenvalue weighted by Crippen LogP contribution is 2.27. The average molecular weight is 255 g/mol. The number of halogens is 1. The molecular formula is C12H19ClN4. The van der Waals surface area contributed by atoms with Gasteiger partial charge in [0.1, 0.15) is 17.3 Å². The first kappa shape index (κ1) is 12.6. The van der Waals surface area contributed by atoms with Crippen LogP contribution in [0.5, 0.6) is 0 Å². The first-order valence-electron chi connectivity index (χ1n) is 6.02. The van der Waals surface area contributed by atoms with Crippen LogP contribution in [0.25, 0.3) is 0 Å². The maximum atomic E-state index is 5.95. The van der Waals surface area contributed by atoms with Crippen LogP contribution in [0.4, 0.5) is 5.82 Å². The lowest BCUT2D eigenvalue weighted by atomic mass is 10.2. The van der Waals surface area contributed by atoms with E-state index in [2.05, 4.69) is 34.2 Å². The van der Waals surface area contributed by atoms with Gasteiger partial charge in [-0.25, -0.2) is 9.97 Å². The Morgan fingerprint density at radius 3 is 2.88 bits per heavy atom. The molecule has 94 valence electrons. The maximum absolute atomic E-state index is 5.95. The Labute approximate surface area is 107 Å². The fraction of sp³-hybridized carbons (Fsp3) is 0.667. The summed E-state index contributed by atoms with van der Waals surface area (Å²) in [4.78, 5) is 10.6. The number of nitrogens with one attached hydrogen (secondary N) is 1. The molecule has 0 bridgehead atoms. The molecule has 0 aliphatic heterocycles. The molecule has 1 fully saturated rings. The molecule has 1 heterocycles. The average Bonchev–Trinajstić information content (AvgIpc) is 3.13. The minimum absolute atomic E-state index is 0.496. The van der Waals surface area contributed by atoms with Crippen LogP contribution in [0.3, 0.4) is 0 Å². The summed E-state index contributed by atoms with van der Waals surface area (Å²) in [6, 6.07) is 1.28. The number of hydrogen-bond donors (Lipinski definition) is 1. The fourth-order valence-corrected chi connectivity index (χ4v) is 1.97. The first-order valence-corrected chi connectivity index (χ1v) is 6.40. The molecule has 5 heteroatoms. The second-order valence-electron chi connectivity index (χ2n) is 4.76. The van der Waals surface area contributed by atoms with Crippen molar-refractivity contribution in [2.75, 3.05) is 18.9 Å². The van der Waals surface area contributed by atoms with Crippen molar-refractivity contribution in [1.82, 2.24) is 14.9 Å². The normalized spacial score (nSPS) is 17.2. The number of hydrogen-bond acceptors (Lipinski definition) is 4. The summed E-state index contributed by atoms with van der Waals surface area (Å²) >= 11 is 5.95. The van der Waals surface area contributed by atoms with Crippen molar-refractivity contribution in [1.29, 1.82) is 0 Å². The van der Waals surface area contributed by atoms with Crippen molar-refractivity contribution >= 4 is 17.4 Å². The molecule has 0 amide bonds. The number of rotatable bonds is 5. The second-order valence-corrected chi connectivity index (χ2v) is 5.12. The van der Waals surface area contributed by atoms with E-state index < -0.39 is 0 Å².